The molecule has 1 aliphatic heterocycles. The number of nitrogens with one attached hydrogen (secondary N) is 1. The van der Waals surface area contributed by atoms with Gasteiger partial charge in [0.2, 0.25) is 5.91 Å². The van der Waals surface area contributed by atoms with Gasteiger partial charge in [0.05, 0.1) is 22.3 Å². The minimum atomic E-state index is -0.140. The van der Waals surface area contributed by atoms with E-state index in [4.69, 9.17) is 4.98 Å². The maximum absolute atomic E-state index is 13.0. The number of benzene rings is 1. The molecule has 3 heterocycles. The van der Waals surface area contributed by atoms with E-state index in [1.807, 2.05) is 55.3 Å². The highest BCUT2D eigenvalue weighted by Gasteiger charge is 2.21. The van der Waals surface area contributed by atoms with Crippen LogP contribution < -0.4 is 5.32 Å². The number of nitrogens with zero attached hydrogens (tertiary/aromatic N) is 4. The first kappa shape index (κ1) is 19.1. The Morgan fingerprint density at radius 3 is 2.76 bits per heavy atom. The molecule has 2 amide bonds. The Bertz CT molecular complexity index is 1060. The van der Waals surface area contributed by atoms with Crippen molar-refractivity contribution in [2.24, 2.45) is 7.05 Å². The molecule has 0 aliphatic carbocycles. The van der Waals surface area contributed by atoms with Crippen molar-refractivity contribution in [3.8, 4) is 11.3 Å². The fourth-order valence-electron chi connectivity index (χ4n) is 3.89. The quantitative estimate of drug-likeness (QED) is 0.655. The molecule has 0 atom stereocenters. The van der Waals surface area contributed by atoms with Crippen LogP contribution in [0.15, 0.2) is 36.4 Å². The molecule has 7 heteroatoms. The summed E-state index contributed by atoms with van der Waals surface area (Å²) >= 11 is 0. The number of carbonyl (C=O) groups is 2. The molecule has 1 saturated heterocycles. The molecule has 0 spiro atoms. The molecular weight excluding hydrogens is 366 g/mol. The molecule has 2 aromatic heterocycles. The van der Waals surface area contributed by atoms with E-state index in [0.29, 0.717) is 30.7 Å². The van der Waals surface area contributed by atoms with Crippen molar-refractivity contribution in [2.45, 2.75) is 26.2 Å². The summed E-state index contributed by atoms with van der Waals surface area (Å²) in [6.45, 7) is 3.92. The first-order valence-electron chi connectivity index (χ1n) is 10.0. The van der Waals surface area contributed by atoms with Crippen LogP contribution in [0.1, 0.15) is 35.3 Å². The van der Waals surface area contributed by atoms with E-state index in [0.717, 1.165) is 41.7 Å². The van der Waals surface area contributed by atoms with Crippen LogP contribution in [0.4, 0.5) is 0 Å². The number of fused-ring (bicyclic) bond motifs is 1. The maximum Gasteiger partial charge on any atom is 0.252 e. The fraction of sp³-hybridized carbons (Fsp3) is 0.364. The normalized spacial score (nSPS) is 14.0. The Hall–Kier alpha value is -3.22. The molecule has 4 rings (SSSR count). The monoisotopic (exact) mass is 391 g/mol. The van der Waals surface area contributed by atoms with Crippen LogP contribution in [-0.2, 0) is 11.8 Å². The molecule has 1 aromatic carbocycles. The lowest BCUT2D eigenvalue weighted by Crippen LogP contribution is -2.30. The topological polar surface area (TPSA) is 80.1 Å². The Kier molecular flexibility index (Phi) is 5.29. The van der Waals surface area contributed by atoms with Crippen LogP contribution in [0.25, 0.3) is 22.3 Å². The summed E-state index contributed by atoms with van der Waals surface area (Å²) in [5.74, 6) is 0.0732. The minimum absolute atomic E-state index is 0.140. The molecule has 1 N–H and O–H groups in total. The average molecular weight is 391 g/mol. The summed E-state index contributed by atoms with van der Waals surface area (Å²) in [4.78, 5) is 31.3. The highest BCUT2D eigenvalue weighted by molar-refractivity contribution is 6.07. The van der Waals surface area contributed by atoms with Crippen LogP contribution in [0.3, 0.4) is 0 Å². The zero-order chi connectivity index (χ0) is 20.4. The van der Waals surface area contributed by atoms with Crippen molar-refractivity contribution < 1.29 is 9.59 Å². The van der Waals surface area contributed by atoms with Crippen molar-refractivity contribution in [3.05, 3.63) is 47.7 Å². The lowest BCUT2D eigenvalue weighted by molar-refractivity contribution is -0.127. The number of aromatic nitrogens is 3. The minimum Gasteiger partial charge on any atom is -0.352 e. The average Bonchev–Trinajstić information content (AvgIpc) is 3.27. The predicted molar refractivity (Wildman–Crippen MR) is 111 cm³/mol. The van der Waals surface area contributed by atoms with E-state index in [1.165, 1.54) is 0 Å². The lowest BCUT2D eigenvalue weighted by Gasteiger charge is -2.15. The second-order valence-electron chi connectivity index (χ2n) is 7.42. The van der Waals surface area contributed by atoms with Gasteiger partial charge in [0, 0.05) is 38.7 Å². The van der Waals surface area contributed by atoms with Crippen molar-refractivity contribution in [2.75, 3.05) is 19.6 Å². The first-order chi connectivity index (χ1) is 14.0. The van der Waals surface area contributed by atoms with Crippen LogP contribution in [0.2, 0.25) is 0 Å². The van der Waals surface area contributed by atoms with Crippen LogP contribution >= 0.6 is 0 Å². The summed E-state index contributed by atoms with van der Waals surface area (Å²) in [6, 6.07) is 11.7. The summed E-state index contributed by atoms with van der Waals surface area (Å²) in [6.07, 6.45) is 2.32. The number of pyridine rings is 1. The molecule has 0 saturated carbocycles. The molecule has 3 aromatic rings. The molecular formula is C22H25N5O2. The third kappa shape index (κ3) is 3.85. The van der Waals surface area contributed by atoms with E-state index in [9.17, 15) is 9.59 Å². The molecule has 0 radical (unpaired) electrons. The van der Waals surface area contributed by atoms with E-state index in [2.05, 4.69) is 10.4 Å². The number of rotatable bonds is 6. The van der Waals surface area contributed by atoms with E-state index < -0.39 is 0 Å². The van der Waals surface area contributed by atoms with E-state index in [1.54, 1.807) is 4.68 Å². The van der Waals surface area contributed by atoms with Gasteiger partial charge in [-0.3, -0.25) is 14.3 Å². The first-order valence-corrected chi connectivity index (χ1v) is 10.0. The molecule has 1 fully saturated rings. The van der Waals surface area contributed by atoms with Crippen LogP contribution in [0, 0.1) is 6.92 Å². The smallest absolute Gasteiger partial charge is 0.252 e. The Balaban J connectivity index is 1.56. The van der Waals surface area contributed by atoms with Gasteiger partial charge < -0.3 is 10.2 Å². The molecule has 0 bridgehead atoms. The fourth-order valence-corrected chi connectivity index (χ4v) is 3.89. The summed E-state index contributed by atoms with van der Waals surface area (Å²) in [5, 5.41) is 8.24. The highest BCUT2D eigenvalue weighted by atomic mass is 16.2. The number of hydrogen-bond donors (Lipinski definition) is 1. The zero-order valence-corrected chi connectivity index (χ0v) is 16.8. The number of hydrogen-bond acceptors (Lipinski definition) is 4. The predicted octanol–water partition coefficient (Wildman–Crippen LogP) is 2.69. The SMILES string of the molecule is Cc1nn(C)c2nc(-c3ccccc3)cc(C(=O)NCCCN3CCCC3=O)c12. The van der Waals surface area contributed by atoms with Crippen LogP contribution in [0.5, 0.6) is 0 Å². The van der Waals surface area contributed by atoms with Crippen molar-refractivity contribution in [3.63, 3.8) is 0 Å². The van der Waals surface area contributed by atoms with Gasteiger partial charge in [-0.15, -0.1) is 0 Å². The third-order valence-electron chi connectivity index (χ3n) is 5.34. The summed E-state index contributed by atoms with van der Waals surface area (Å²) in [7, 11) is 1.84. The second kappa shape index (κ2) is 8.03. The number of aryl methyl sites for hydroxylation is 2. The van der Waals surface area contributed by atoms with E-state index >= 15 is 0 Å². The highest BCUT2D eigenvalue weighted by Crippen LogP contribution is 2.26. The summed E-state index contributed by atoms with van der Waals surface area (Å²) < 4.78 is 1.72. The Labute approximate surface area is 169 Å². The van der Waals surface area contributed by atoms with Gasteiger partial charge in [0.1, 0.15) is 0 Å². The van der Waals surface area contributed by atoms with Crippen molar-refractivity contribution >= 4 is 22.8 Å². The lowest BCUT2D eigenvalue weighted by atomic mass is 10.0. The number of amides is 2. The van der Waals surface area contributed by atoms with E-state index in [-0.39, 0.29) is 11.8 Å². The van der Waals surface area contributed by atoms with Crippen molar-refractivity contribution in [1.29, 1.82) is 0 Å². The van der Waals surface area contributed by atoms with Gasteiger partial charge >= 0.3 is 0 Å². The summed E-state index contributed by atoms with van der Waals surface area (Å²) in [5.41, 5.74) is 3.75. The standard InChI is InChI=1S/C22H25N5O2/c1-15-20-17(22(29)23-11-7-13-27-12-6-10-19(27)28)14-18(16-8-4-3-5-9-16)24-21(20)26(2)25-15/h3-5,8-9,14H,6-7,10-13H2,1-2H3,(H,23,29). The molecule has 150 valence electrons. The van der Waals surface area contributed by atoms with Gasteiger partial charge in [-0.25, -0.2) is 4.98 Å². The number of likely N-dealkylation sites (tertiary alicyclic amines) is 1. The second-order valence-corrected chi connectivity index (χ2v) is 7.42. The molecule has 0 unspecified atom stereocenters. The number of carbonyl (C=O) groups excluding carboxylic acids is 2. The van der Waals surface area contributed by atoms with Crippen molar-refractivity contribution in [1.82, 2.24) is 25.0 Å². The van der Waals surface area contributed by atoms with Crippen LogP contribution in [-0.4, -0.2) is 51.1 Å². The molecule has 1 aliphatic rings. The molecule has 29 heavy (non-hydrogen) atoms. The van der Waals surface area contributed by atoms with Gasteiger partial charge in [0.25, 0.3) is 5.91 Å². The van der Waals surface area contributed by atoms with Gasteiger partial charge in [-0.1, -0.05) is 30.3 Å². The van der Waals surface area contributed by atoms with Gasteiger partial charge in [0.15, 0.2) is 5.65 Å². The Morgan fingerprint density at radius 1 is 1.24 bits per heavy atom. The Morgan fingerprint density at radius 2 is 2.03 bits per heavy atom. The largest absolute Gasteiger partial charge is 0.352 e. The third-order valence-corrected chi connectivity index (χ3v) is 5.34. The van der Waals surface area contributed by atoms with Gasteiger partial charge in [-0.2, -0.15) is 5.10 Å². The maximum atomic E-state index is 13.0. The zero-order valence-electron chi connectivity index (χ0n) is 16.8. The molecule has 7 nitrogen and oxygen atoms in total. The van der Waals surface area contributed by atoms with Gasteiger partial charge in [-0.05, 0) is 25.8 Å².